The van der Waals surface area contributed by atoms with Crippen molar-refractivity contribution in [1.82, 2.24) is 9.97 Å². The smallest absolute Gasteiger partial charge is 0.0713 e. The molecule has 1 aliphatic carbocycles. The van der Waals surface area contributed by atoms with Crippen LogP contribution in [0.4, 0.5) is 0 Å². The molecule has 0 N–H and O–H groups in total. The van der Waals surface area contributed by atoms with E-state index in [4.69, 9.17) is 0 Å². The molecule has 67 heavy (non-hydrogen) atoms. The van der Waals surface area contributed by atoms with Gasteiger partial charge in [-0.25, -0.2) is 0 Å². The minimum absolute atomic E-state index is 0.497. The Morgan fingerprint density at radius 3 is 0.970 bits per heavy atom. The van der Waals surface area contributed by atoms with Crippen LogP contribution in [0.1, 0.15) is 22.3 Å². The molecule has 0 aliphatic heterocycles. The molecule has 2 heteroatoms. The highest BCUT2D eigenvalue weighted by Crippen LogP contribution is 2.57. The van der Waals surface area contributed by atoms with Crippen molar-refractivity contribution in [3.05, 3.63) is 290 Å². The van der Waals surface area contributed by atoms with Crippen LogP contribution in [0.25, 0.3) is 89.0 Å². The first-order chi connectivity index (χ1) is 33.2. The third kappa shape index (κ3) is 7.26. The van der Waals surface area contributed by atoms with Gasteiger partial charge < -0.3 is 0 Å². The summed E-state index contributed by atoms with van der Waals surface area (Å²) < 4.78 is 0. The van der Waals surface area contributed by atoms with E-state index in [-0.39, 0.29) is 0 Å². The van der Waals surface area contributed by atoms with E-state index in [1.54, 1.807) is 0 Å². The van der Waals surface area contributed by atoms with Crippen LogP contribution in [0.2, 0.25) is 0 Å². The van der Waals surface area contributed by atoms with E-state index >= 15 is 0 Å². The molecule has 2 aromatic heterocycles. The van der Waals surface area contributed by atoms with Crippen molar-refractivity contribution in [2.45, 2.75) is 5.41 Å². The third-order valence-corrected chi connectivity index (χ3v) is 13.5. The van der Waals surface area contributed by atoms with E-state index in [2.05, 4.69) is 253 Å². The largest absolute Gasteiger partial charge is 0.265 e. The van der Waals surface area contributed by atoms with Crippen LogP contribution in [0, 0.1) is 0 Å². The zero-order valence-corrected chi connectivity index (χ0v) is 36.8. The number of rotatable bonds is 9. The van der Waals surface area contributed by atoms with Gasteiger partial charge in [-0.1, -0.05) is 170 Å². The average Bonchev–Trinajstić information content (AvgIpc) is 3.72. The molecule has 0 unspecified atom stereocenters. The summed E-state index contributed by atoms with van der Waals surface area (Å²) in [6.07, 6.45) is 7.41. The topological polar surface area (TPSA) is 25.8 Å². The second kappa shape index (κ2) is 17.0. The van der Waals surface area contributed by atoms with Crippen molar-refractivity contribution in [1.29, 1.82) is 0 Å². The number of hydrogen-bond acceptors (Lipinski definition) is 2. The van der Waals surface area contributed by atoms with Gasteiger partial charge in [-0.05, 0) is 184 Å². The second-order valence-corrected chi connectivity index (χ2v) is 17.4. The van der Waals surface area contributed by atoms with Gasteiger partial charge in [0.2, 0.25) is 0 Å². The highest BCUT2D eigenvalue weighted by molar-refractivity contribution is 5.90. The van der Waals surface area contributed by atoms with Crippen molar-refractivity contribution in [3.63, 3.8) is 0 Å². The lowest BCUT2D eigenvalue weighted by Crippen LogP contribution is -2.28. The van der Waals surface area contributed by atoms with Gasteiger partial charge in [0.15, 0.2) is 0 Å². The fourth-order valence-electron chi connectivity index (χ4n) is 10.4. The molecule has 2 heterocycles. The van der Waals surface area contributed by atoms with Crippen LogP contribution < -0.4 is 0 Å². The zero-order chi connectivity index (χ0) is 44.6. The molecule has 0 radical (unpaired) electrons. The Kier molecular flexibility index (Phi) is 10.1. The Bertz CT molecular complexity index is 3380. The maximum Gasteiger partial charge on any atom is 0.0713 e. The molecule has 1 aliphatic rings. The van der Waals surface area contributed by atoms with Gasteiger partial charge in [-0.3, -0.25) is 9.97 Å². The number of nitrogens with zero attached hydrogens (tertiary/aromatic N) is 2. The summed E-state index contributed by atoms with van der Waals surface area (Å²) >= 11 is 0. The lowest BCUT2D eigenvalue weighted by atomic mass is 9.67. The number of hydrogen-bond donors (Lipinski definition) is 0. The standard InChI is InChI=1S/C65H44N2/c1-3-21-59(22-4-1)65(60-23-5-2-6-24-60)63-26-8-7-25-61(63)62-28-27-55(44-64(62)65)58-42-56(53-19-11-17-51(39-53)49-15-9-13-47(37-49)45-29-33-66-34-30-45)41-57(43-58)54-20-12-18-52(40-54)50-16-10-14-48(38-50)46-31-35-67-36-32-46/h1-44H. The van der Waals surface area contributed by atoms with Crippen molar-refractivity contribution in [3.8, 4) is 89.0 Å². The van der Waals surface area contributed by atoms with Crippen LogP contribution >= 0.6 is 0 Å². The number of pyridine rings is 2. The van der Waals surface area contributed by atoms with Gasteiger partial charge >= 0.3 is 0 Å². The highest BCUT2D eigenvalue weighted by Gasteiger charge is 2.46. The van der Waals surface area contributed by atoms with Crippen LogP contribution in [0.3, 0.4) is 0 Å². The maximum absolute atomic E-state index is 4.25. The Balaban J connectivity index is 1.03. The number of benzene rings is 9. The molecule has 0 amide bonds. The summed E-state index contributed by atoms with van der Waals surface area (Å²) in [5.41, 5.74) is 23.5. The van der Waals surface area contributed by atoms with E-state index in [1.807, 2.05) is 24.8 Å². The highest BCUT2D eigenvalue weighted by atomic mass is 14.6. The minimum Gasteiger partial charge on any atom is -0.265 e. The van der Waals surface area contributed by atoms with Gasteiger partial charge in [-0.2, -0.15) is 0 Å². The predicted molar refractivity (Wildman–Crippen MR) is 277 cm³/mol. The normalized spacial score (nSPS) is 12.3. The monoisotopic (exact) mass is 852 g/mol. The number of fused-ring (bicyclic) bond motifs is 3. The average molecular weight is 853 g/mol. The van der Waals surface area contributed by atoms with Gasteiger partial charge in [0.25, 0.3) is 0 Å². The van der Waals surface area contributed by atoms with E-state index in [0.29, 0.717) is 0 Å². The lowest BCUT2D eigenvalue weighted by Gasteiger charge is -2.34. The van der Waals surface area contributed by atoms with E-state index in [1.165, 1.54) is 72.3 Å². The molecule has 0 saturated heterocycles. The van der Waals surface area contributed by atoms with Crippen LogP contribution in [-0.2, 0) is 5.41 Å². The summed E-state index contributed by atoms with van der Waals surface area (Å²) in [5.74, 6) is 0. The molecule has 11 aromatic rings. The summed E-state index contributed by atoms with van der Waals surface area (Å²) in [6, 6.07) is 89.2. The van der Waals surface area contributed by atoms with Crippen molar-refractivity contribution in [2.24, 2.45) is 0 Å². The third-order valence-electron chi connectivity index (χ3n) is 13.5. The Labute approximate surface area is 392 Å². The molecule has 0 saturated carbocycles. The first-order valence-electron chi connectivity index (χ1n) is 22.9. The summed E-state index contributed by atoms with van der Waals surface area (Å²) in [5, 5.41) is 0. The molecular weight excluding hydrogens is 809 g/mol. The maximum atomic E-state index is 4.25. The van der Waals surface area contributed by atoms with E-state index < -0.39 is 5.41 Å². The van der Waals surface area contributed by atoms with Gasteiger partial charge in [-0.15, -0.1) is 0 Å². The molecule has 0 spiro atoms. The van der Waals surface area contributed by atoms with Gasteiger partial charge in [0, 0.05) is 24.8 Å². The molecule has 0 fully saturated rings. The Hall–Kier alpha value is -8.72. The Morgan fingerprint density at radius 1 is 0.209 bits per heavy atom. The van der Waals surface area contributed by atoms with Crippen LogP contribution in [-0.4, -0.2) is 9.97 Å². The summed E-state index contributed by atoms with van der Waals surface area (Å²) in [7, 11) is 0. The van der Waals surface area contributed by atoms with Gasteiger partial charge in [0.1, 0.15) is 0 Å². The van der Waals surface area contributed by atoms with Crippen LogP contribution in [0.15, 0.2) is 267 Å². The van der Waals surface area contributed by atoms with E-state index in [0.717, 1.165) is 38.9 Å². The van der Waals surface area contributed by atoms with Crippen molar-refractivity contribution >= 4 is 0 Å². The fraction of sp³-hybridized carbons (Fsp3) is 0.0154. The first-order valence-corrected chi connectivity index (χ1v) is 22.9. The summed E-state index contributed by atoms with van der Waals surface area (Å²) in [6.45, 7) is 0. The van der Waals surface area contributed by atoms with Crippen molar-refractivity contribution < 1.29 is 0 Å². The molecule has 314 valence electrons. The predicted octanol–water partition coefficient (Wildman–Crippen LogP) is 16.5. The first kappa shape index (κ1) is 39.8. The summed E-state index contributed by atoms with van der Waals surface area (Å²) in [4.78, 5) is 8.50. The quantitative estimate of drug-likeness (QED) is 0.145. The molecule has 0 atom stereocenters. The molecular formula is C65H44N2. The minimum atomic E-state index is -0.497. The van der Waals surface area contributed by atoms with Crippen LogP contribution in [0.5, 0.6) is 0 Å². The fourth-order valence-corrected chi connectivity index (χ4v) is 10.4. The lowest BCUT2D eigenvalue weighted by molar-refractivity contribution is 0.769. The van der Waals surface area contributed by atoms with Gasteiger partial charge in [0.05, 0.1) is 5.41 Å². The molecule has 9 aromatic carbocycles. The second-order valence-electron chi connectivity index (χ2n) is 17.4. The zero-order valence-electron chi connectivity index (χ0n) is 36.8. The Morgan fingerprint density at radius 2 is 0.537 bits per heavy atom. The molecule has 0 bridgehead atoms. The molecule has 2 nitrogen and oxygen atoms in total. The SMILES string of the molecule is c1ccc(C2(c3ccccc3)c3ccccc3-c3ccc(-c4cc(-c5cccc(-c6cccc(-c7ccncc7)c6)c5)cc(-c5cccc(-c6cccc(-c7ccncc7)c6)c5)c4)cc32)cc1. The number of aromatic nitrogens is 2. The van der Waals surface area contributed by atoms with E-state index in [9.17, 15) is 0 Å². The molecule has 12 rings (SSSR count). The van der Waals surface area contributed by atoms with Crippen molar-refractivity contribution in [2.75, 3.05) is 0 Å².